The Kier molecular flexibility index (Phi) is 6.43. The molecule has 0 aliphatic rings. The number of aryl methyl sites for hydroxylation is 1. The van der Waals surface area contributed by atoms with Gasteiger partial charge in [-0.3, -0.25) is 0 Å². The van der Waals surface area contributed by atoms with Crippen molar-refractivity contribution in [3.05, 3.63) is 60.2 Å². The molecule has 10 nitrogen and oxygen atoms in total. The fourth-order valence-electron chi connectivity index (χ4n) is 3.19. The summed E-state index contributed by atoms with van der Waals surface area (Å²) in [6.45, 7) is 1.93. The van der Waals surface area contributed by atoms with Gasteiger partial charge >= 0.3 is 0 Å². The monoisotopic (exact) mass is 469 g/mol. The molecule has 0 bridgehead atoms. The number of hydrogen-bond acceptors (Lipinski definition) is 8. The van der Waals surface area contributed by atoms with Gasteiger partial charge in [-0.25, -0.2) is 13.1 Å². The summed E-state index contributed by atoms with van der Waals surface area (Å²) in [5, 5.41) is 12.8. The lowest BCUT2D eigenvalue weighted by Gasteiger charge is -2.12. The van der Waals surface area contributed by atoms with Crippen LogP contribution in [0.3, 0.4) is 0 Å². The molecular formula is C22H23N5O5S. The Labute approximate surface area is 191 Å². The van der Waals surface area contributed by atoms with Crippen LogP contribution in [0.5, 0.6) is 17.4 Å². The molecule has 0 atom stereocenters. The summed E-state index contributed by atoms with van der Waals surface area (Å²) in [4.78, 5) is 0.0805. The second-order valence-corrected chi connectivity index (χ2v) is 8.83. The molecule has 0 amide bonds. The van der Waals surface area contributed by atoms with Crippen LogP contribution in [0.25, 0.3) is 17.0 Å². The molecule has 0 unspecified atom stereocenters. The normalized spacial score (nSPS) is 11.5. The molecule has 11 heteroatoms. The second-order valence-electron chi connectivity index (χ2n) is 7.10. The van der Waals surface area contributed by atoms with Crippen LogP contribution in [-0.2, 0) is 10.0 Å². The van der Waals surface area contributed by atoms with Crippen LogP contribution >= 0.6 is 0 Å². The summed E-state index contributed by atoms with van der Waals surface area (Å²) in [7, 11) is -0.746. The van der Waals surface area contributed by atoms with E-state index < -0.39 is 10.0 Å². The van der Waals surface area contributed by atoms with Crippen LogP contribution < -0.4 is 18.9 Å². The zero-order valence-corrected chi connectivity index (χ0v) is 19.2. The highest BCUT2D eigenvalue weighted by molar-refractivity contribution is 7.89. The Bertz CT molecular complexity index is 1390. The maximum absolute atomic E-state index is 12.7. The SMILES string of the molecule is COc1cccc(-c2nnc3ccc(OCCNS(=O)(=O)c4cc(C)ccc4OC)nn23)c1. The van der Waals surface area contributed by atoms with E-state index in [0.717, 1.165) is 11.1 Å². The molecular weight excluding hydrogens is 446 g/mol. The number of methoxy groups -OCH3 is 2. The highest BCUT2D eigenvalue weighted by atomic mass is 32.2. The number of sulfonamides is 1. The molecule has 1 N–H and O–H groups in total. The van der Waals surface area contributed by atoms with E-state index in [0.29, 0.717) is 23.1 Å². The van der Waals surface area contributed by atoms with Crippen LogP contribution in [0, 0.1) is 6.92 Å². The first kappa shape index (κ1) is 22.5. The molecule has 0 aliphatic heterocycles. The summed E-state index contributed by atoms with van der Waals surface area (Å²) < 4.78 is 45.5. The third-order valence-electron chi connectivity index (χ3n) is 4.82. The van der Waals surface area contributed by atoms with Gasteiger partial charge in [-0.15, -0.1) is 15.3 Å². The lowest BCUT2D eigenvalue weighted by Crippen LogP contribution is -2.28. The summed E-state index contributed by atoms with van der Waals surface area (Å²) >= 11 is 0. The van der Waals surface area contributed by atoms with Crippen molar-refractivity contribution in [1.29, 1.82) is 0 Å². The van der Waals surface area contributed by atoms with Crippen molar-refractivity contribution in [2.45, 2.75) is 11.8 Å². The van der Waals surface area contributed by atoms with Gasteiger partial charge in [0.15, 0.2) is 11.5 Å². The zero-order chi connectivity index (χ0) is 23.4. The van der Waals surface area contributed by atoms with Crippen LogP contribution in [0.4, 0.5) is 0 Å². The Morgan fingerprint density at radius 1 is 1.00 bits per heavy atom. The minimum Gasteiger partial charge on any atom is -0.497 e. The lowest BCUT2D eigenvalue weighted by molar-refractivity contribution is 0.305. The summed E-state index contributed by atoms with van der Waals surface area (Å²) in [5.74, 6) is 1.80. The predicted octanol–water partition coefficient (Wildman–Crippen LogP) is 2.47. The van der Waals surface area contributed by atoms with Gasteiger partial charge in [0.1, 0.15) is 23.0 Å². The molecule has 4 aromatic rings. The number of ether oxygens (including phenoxy) is 3. The molecule has 2 aromatic carbocycles. The van der Waals surface area contributed by atoms with Gasteiger partial charge in [-0.2, -0.15) is 4.52 Å². The fraction of sp³-hybridized carbons (Fsp3) is 0.227. The Morgan fingerprint density at radius 3 is 2.64 bits per heavy atom. The number of nitrogens with one attached hydrogen (secondary N) is 1. The lowest BCUT2D eigenvalue weighted by atomic mass is 10.2. The van der Waals surface area contributed by atoms with Crippen LogP contribution in [0.15, 0.2) is 59.5 Å². The number of fused-ring (bicyclic) bond motifs is 1. The van der Waals surface area contributed by atoms with Crippen molar-refractivity contribution in [1.82, 2.24) is 24.5 Å². The first-order valence-electron chi connectivity index (χ1n) is 10.1. The van der Waals surface area contributed by atoms with E-state index in [2.05, 4.69) is 20.0 Å². The number of benzene rings is 2. The van der Waals surface area contributed by atoms with Crippen LogP contribution in [-0.4, -0.2) is 55.6 Å². The molecule has 0 saturated carbocycles. The van der Waals surface area contributed by atoms with E-state index in [-0.39, 0.29) is 23.8 Å². The molecule has 33 heavy (non-hydrogen) atoms. The number of nitrogens with zero attached hydrogens (tertiary/aromatic N) is 4. The Morgan fingerprint density at radius 2 is 1.85 bits per heavy atom. The third kappa shape index (κ3) is 4.89. The van der Waals surface area contributed by atoms with E-state index in [9.17, 15) is 8.42 Å². The Balaban J connectivity index is 1.45. The van der Waals surface area contributed by atoms with E-state index in [4.69, 9.17) is 14.2 Å². The van der Waals surface area contributed by atoms with Crippen molar-refractivity contribution in [2.24, 2.45) is 0 Å². The molecule has 172 valence electrons. The van der Waals surface area contributed by atoms with Gasteiger partial charge in [0.2, 0.25) is 15.9 Å². The molecule has 0 saturated heterocycles. The molecule has 2 aromatic heterocycles. The highest BCUT2D eigenvalue weighted by Gasteiger charge is 2.19. The number of hydrogen-bond donors (Lipinski definition) is 1. The second kappa shape index (κ2) is 9.43. The predicted molar refractivity (Wildman–Crippen MR) is 121 cm³/mol. The van der Waals surface area contributed by atoms with Gasteiger partial charge < -0.3 is 14.2 Å². The summed E-state index contributed by atoms with van der Waals surface area (Å²) in [6.07, 6.45) is 0. The zero-order valence-electron chi connectivity index (χ0n) is 18.3. The molecule has 0 radical (unpaired) electrons. The van der Waals surface area contributed by atoms with Crippen molar-refractivity contribution in [2.75, 3.05) is 27.4 Å². The van der Waals surface area contributed by atoms with E-state index in [1.54, 1.807) is 42.0 Å². The minimum absolute atomic E-state index is 0.0457. The molecule has 4 rings (SSSR count). The first-order valence-corrected chi connectivity index (χ1v) is 11.5. The van der Waals surface area contributed by atoms with Crippen molar-refractivity contribution >= 4 is 15.7 Å². The molecule has 0 fully saturated rings. The fourth-order valence-corrected chi connectivity index (χ4v) is 4.46. The topological polar surface area (TPSA) is 117 Å². The van der Waals surface area contributed by atoms with Gasteiger partial charge in [0.25, 0.3) is 0 Å². The molecule has 0 aliphatic carbocycles. The summed E-state index contributed by atoms with van der Waals surface area (Å²) in [6, 6.07) is 15.7. The highest BCUT2D eigenvalue weighted by Crippen LogP contribution is 2.25. The van der Waals surface area contributed by atoms with Crippen molar-refractivity contribution < 1.29 is 22.6 Å². The smallest absolute Gasteiger partial charge is 0.244 e. The maximum atomic E-state index is 12.7. The van der Waals surface area contributed by atoms with Gasteiger partial charge in [0, 0.05) is 18.2 Å². The van der Waals surface area contributed by atoms with Crippen molar-refractivity contribution in [3.63, 3.8) is 0 Å². The average Bonchev–Trinajstić information content (AvgIpc) is 3.25. The minimum atomic E-state index is -3.77. The van der Waals surface area contributed by atoms with E-state index in [1.807, 2.05) is 31.2 Å². The molecule has 0 spiro atoms. The van der Waals surface area contributed by atoms with Crippen LogP contribution in [0.2, 0.25) is 0 Å². The standard InChI is InChI=1S/C22H23N5O5S/c1-15-7-8-18(31-3)19(13-15)33(28,29)23-11-12-32-21-10-9-20-24-25-22(27(20)26-21)16-5-4-6-17(14-16)30-2/h4-10,13-14,23H,11-12H2,1-3H3. The van der Waals surface area contributed by atoms with E-state index in [1.165, 1.54) is 7.11 Å². The average molecular weight is 470 g/mol. The summed E-state index contributed by atoms with van der Waals surface area (Å²) in [5.41, 5.74) is 2.14. The maximum Gasteiger partial charge on any atom is 0.244 e. The Hall–Kier alpha value is -3.70. The van der Waals surface area contributed by atoms with Gasteiger partial charge in [-0.05, 0) is 42.8 Å². The third-order valence-corrected chi connectivity index (χ3v) is 6.30. The van der Waals surface area contributed by atoms with E-state index >= 15 is 0 Å². The first-order chi connectivity index (χ1) is 15.9. The van der Waals surface area contributed by atoms with Crippen molar-refractivity contribution in [3.8, 4) is 28.8 Å². The molecule has 2 heterocycles. The largest absolute Gasteiger partial charge is 0.497 e. The number of aromatic nitrogens is 4. The van der Waals surface area contributed by atoms with Crippen LogP contribution in [0.1, 0.15) is 5.56 Å². The quantitative estimate of drug-likeness (QED) is 0.372. The van der Waals surface area contributed by atoms with Gasteiger partial charge in [-0.1, -0.05) is 18.2 Å². The number of rotatable bonds is 9. The van der Waals surface area contributed by atoms with Gasteiger partial charge in [0.05, 0.1) is 14.2 Å².